The third-order valence-corrected chi connectivity index (χ3v) is 3.36. The smallest absolute Gasteiger partial charge is 0.248 e. The number of hydrogen-bond donors (Lipinski definition) is 0. The average Bonchev–Trinajstić information content (AvgIpc) is 2.71. The summed E-state index contributed by atoms with van der Waals surface area (Å²) in [7, 11) is 0. The number of hydrogen-bond acceptors (Lipinski definition) is 2. The Hall–Kier alpha value is -1.68. The molecule has 0 aliphatic heterocycles. The minimum Gasteiger partial charge on any atom is -0.290 e. The van der Waals surface area contributed by atoms with Gasteiger partial charge in [0, 0.05) is 23.2 Å². The van der Waals surface area contributed by atoms with Crippen molar-refractivity contribution in [2.75, 3.05) is 0 Å². The second-order valence-corrected chi connectivity index (χ2v) is 4.53. The van der Waals surface area contributed by atoms with Gasteiger partial charge in [-0.25, -0.2) is 0 Å². The molecule has 4 heteroatoms. The van der Waals surface area contributed by atoms with Crippen LogP contribution in [-0.2, 0) is 4.79 Å². The molecule has 0 unspecified atom stereocenters. The second-order valence-electron chi connectivity index (χ2n) is 3.69. The lowest BCUT2D eigenvalue weighted by molar-refractivity contribution is -0.117. The first-order valence-corrected chi connectivity index (χ1v) is 6.40. The molecule has 2 aromatic rings. The summed E-state index contributed by atoms with van der Waals surface area (Å²) < 4.78 is 2.00. The number of carbonyl (C=O) groups is 1. The molecular weight excluding hydrogens is 232 g/mol. The van der Waals surface area contributed by atoms with Crippen LogP contribution >= 0.6 is 11.3 Å². The van der Waals surface area contributed by atoms with Gasteiger partial charge in [0.25, 0.3) is 0 Å². The van der Waals surface area contributed by atoms with Crippen molar-refractivity contribution >= 4 is 17.2 Å². The van der Waals surface area contributed by atoms with E-state index in [2.05, 4.69) is 4.99 Å². The van der Waals surface area contributed by atoms with Crippen molar-refractivity contribution in [2.45, 2.75) is 20.3 Å². The molecule has 88 valence electrons. The van der Waals surface area contributed by atoms with E-state index in [0.717, 1.165) is 16.2 Å². The van der Waals surface area contributed by atoms with Crippen molar-refractivity contribution in [1.82, 2.24) is 4.57 Å². The summed E-state index contributed by atoms with van der Waals surface area (Å²) in [6, 6.07) is 9.94. The highest BCUT2D eigenvalue weighted by atomic mass is 32.1. The lowest BCUT2D eigenvalue weighted by atomic mass is 10.3. The van der Waals surface area contributed by atoms with Crippen LogP contribution in [0.3, 0.4) is 0 Å². The highest BCUT2D eigenvalue weighted by Gasteiger charge is 2.04. The SMILES string of the molecule is CCC(=O)N=c1scc(C)n1-c1ccccc1. The van der Waals surface area contributed by atoms with Crippen LogP contribution in [0.15, 0.2) is 40.7 Å². The van der Waals surface area contributed by atoms with Gasteiger partial charge in [0.2, 0.25) is 5.91 Å². The molecule has 0 aliphatic rings. The number of para-hydroxylation sites is 1. The predicted octanol–water partition coefficient (Wildman–Crippen LogP) is 2.68. The molecule has 0 atom stereocenters. The molecule has 2 rings (SSSR count). The number of benzene rings is 1. The van der Waals surface area contributed by atoms with Crippen molar-refractivity contribution in [2.24, 2.45) is 4.99 Å². The van der Waals surface area contributed by atoms with Crippen LogP contribution in [0, 0.1) is 6.92 Å². The number of carbonyl (C=O) groups excluding carboxylic acids is 1. The fraction of sp³-hybridized carbons (Fsp3) is 0.231. The first-order valence-electron chi connectivity index (χ1n) is 5.52. The molecule has 1 amide bonds. The lowest BCUT2D eigenvalue weighted by Crippen LogP contribution is -2.16. The second kappa shape index (κ2) is 5.10. The summed E-state index contributed by atoms with van der Waals surface area (Å²) in [6.45, 7) is 3.83. The summed E-state index contributed by atoms with van der Waals surface area (Å²) in [4.78, 5) is 16.3. The maximum absolute atomic E-state index is 11.4. The molecule has 0 aliphatic carbocycles. The topological polar surface area (TPSA) is 34.4 Å². The maximum Gasteiger partial charge on any atom is 0.248 e. The zero-order valence-corrected chi connectivity index (χ0v) is 10.7. The van der Waals surface area contributed by atoms with Crippen molar-refractivity contribution < 1.29 is 4.79 Å². The molecule has 0 radical (unpaired) electrons. The first kappa shape index (κ1) is 11.8. The van der Waals surface area contributed by atoms with Crippen molar-refractivity contribution in [3.8, 4) is 5.69 Å². The van der Waals surface area contributed by atoms with Crippen LogP contribution in [-0.4, -0.2) is 10.5 Å². The quantitative estimate of drug-likeness (QED) is 0.802. The van der Waals surface area contributed by atoms with E-state index in [9.17, 15) is 4.79 Å². The van der Waals surface area contributed by atoms with Crippen molar-refractivity contribution in [3.63, 3.8) is 0 Å². The van der Waals surface area contributed by atoms with Crippen LogP contribution < -0.4 is 4.80 Å². The Morgan fingerprint density at radius 2 is 2.06 bits per heavy atom. The number of thiazole rings is 1. The average molecular weight is 246 g/mol. The van der Waals surface area contributed by atoms with Crippen LogP contribution in [0.1, 0.15) is 19.0 Å². The predicted molar refractivity (Wildman–Crippen MR) is 69.2 cm³/mol. The molecule has 17 heavy (non-hydrogen) atoms. The normalized spacial score (nSPS) is 11.8. The monoisotopic (exact) mass is 246 g/mol. The molecule has 0 bridgehead atoms. The number of aryl methyl sites for hydroxylation is 1. The van der Waals surface area contributed by atoms with Crippen molar-refractivity contribution in [1.29, 1.82) is 0 Å². The van der Waals surface area contributed by atoms with E-state index in [-0.39, 0.29) is 5.91 Å². The summed E-state index contributed by atoms with van der Waals surface area (Å²) in [5.41, 5.74) is 2.12. The Labute approximate surface area is 104 Å². The summed E-state index contributed by atoms with van der Waals surface area (Å²) in [5, 5.41) is 2.01. The van der Waals surface area contributed by atoms with Crippen LogP contribution in [0.4, 0.5) is 0 Å². The number of aromatic nitrogens is 1. The molecule has 1 heterocycles. The summed E-state index contributed by atoms with van der Waals surface area (Å²) in [6.07, 6.45) is 0.436. The van der Waals surface area contributed by atoms with Gasteiger partial charge < -0.3 is 0 Å². The van der Waals surface area contributed by atoms with Gasteiger partial charge >= 0.3 is 0 Å². The molecule has 0 fully saturated rings. The first-order chi connectivity index (χ1) is 8.22. The Balaban J connectivity index is 2.59. The summed E-state index contributed by atoms with van der Waals surface area (Å²) >= 11 is 1.49. The van der Waals surface area contributed by atoms with Crippen molar-refractivity contribution in [3.05, 3.63) is 46.2 Å². The number of rotatable bonds is 2. The summed E-state index contributed by atoms with van der Waals surface area (Å²) in [5.74, 6) is -0.0865. The van der Waals surface area contributed by atoms with E-state index in [1.807, 2.05) is 54.1 Å². The largest absolute Gasteiger partial charge is 0.290 e. The minimum atomic E-state index is -0.0865. The van der Waals surface area contributed by atoms with Gasteiger partial charge in [-0.15, -0.1) is 11.3 Å². The van der Waals surface area contributed by atoms with E-state index in [1.165, 1.54) is 11.3 Å². The van der Waals surface area contributed by atoms with Gasteiger partial charge in [-0.05, 0) is 19.1 Å². The van der Waals surface area contributed by atoms with Gasteiger partial charge in [0.1, 0.15) is 0 Å². The van der Waals surface area contributed by atoms with Gasteiger partial charge in [0.05, 0.1) is 0 Å². The zero-order valence-electron chi connectivity index (χ0n) is 9.88. The molecule has 0 N–H and O–H groups in total. The Morgan fingerprint density at radius 3 is 2.71 bits per heavy atom. The van der Waals surface area contributed by atoms with E-state index < -0.39 is 0 Å². The maximum atomic E-state index is 11.4. The molecule has 0 spiro atoms. The fourth-order valence-corrected chi connectivity index (χ4v) is 2.44. The van der Waals surface area contributed by atoms with E-state index in [0.29, 0.717) is 6.42 Å². The highest BCUT2D eigenvalue weighted by molar-refractivity contribution is 7.07. The third kappa shape index (κ3) is 2.53. The molecule has 0 saturated carbocycles. The number of amides is 1. The fourth-order valence-electron chi connectivity index (χ4n) is 1.55. The Morgan fingerprint density at radius 1 is 1.35 bits per heavy atom. The van der Waals surface area contributed by atoms with E-state index >= 15 is 0 Å². The molecule has 1 aromatic carbocycles. The minimum absolute atomic E-state index is 0.0865. The Kier molecular flexibility index (Phi) is 3.54. The zero-order chi connectivity index (χ0) is 12.3. The molecule has 0 saturated heterocycles. The van der Waals surface area contributed by atoms with Gasteiger partial charge in [-0.1, -0.05) is 25.1 Å². The van der Waals surface area contributed by atoms with Gasteiger partial charge in [-0.3, -0.25) is 9.36 Å². The molecular formula is C13H14N2OS. The van der Waals surface area contributed by atoms with E-state index in [4.69, 9.17) is 0 Å². The van der Waals surface area contributed by atoms with Crippen LogP contribution in [0.2, 0.25) is 0 Å². The van der Waals surface area contributed by atoms with Crippen LogP contribution in [0.25, 0.3) is 5.69 Å². The van der Waals surface area contributed by atoms with E-state index in [1.54, 1.807) is 0 Å². The molecule has 3 nitrogen and oxygen atoms in total. The highest BCUT2D eigenvalue weighted by Crippen LogP contribution is 2.10. The number of nitrogens with zero attached hydrogens (tertiary/aromatic N) is 2. The standard InChI is InChI=1S/C13H14N2OS/c1-3-12(16)14-13-15(10(2)9-17-13)11-7-5-4-6-8-11/h4-9H,3H2,1-2H3. The molecule has 1 aromatic heterocycles. The lowest BCUT2D eigenvalue weighted by Gasteiger charge is -2.04. The van der Waals surface area contributed by atoms with Gasteiger partial charge in [0.15, 0.2) is 4.80 Å². The van der Waals surface area contributed by atoms with Crippen LogP contribution in [0.5, 0.6) is 0 Å². The Bertz CT molecular complexity index is 581. The third-order valence-electron chi connectivity index (χ3n) is 2.42. The van der Waals surface area contributed by atoms with Gasteiger partial charge in [-0.2, -0.15) is 4.99 Å².